The fourth-order valence-corrected chi connectivity index (χ4v) is 5.62. The fraction of sp³-hybridized carbons (Fsp3) is 0.182. The molecule has 1 atom stereocenters. The van der Waals surface area contributed by atoms with E-state index in [0.717, 1.165) is 36.2 Å². The highest BCUT2D eigenvalue weighted by Gasteiger charge is 2.20. The van der Waals surface area contributed by atoms with Crippen LogP contribution in [0, 0.1) is 11.6 Å². The first-order valence-corrected chi connectivity index (χ1v) is 14.7. The SMILES string of the molecule is C=S(NC(=O)/C=C/c1ccc(CN2CCCC2=O)cc1OCCc1ccc2ccccc2c1)c1ccc(F)c(F)c1. The highest BCUT2D eigenvalue weighted by atomic mass is 32.2. The van der Waals surface area contributed by atoms with Crippen LogP contribution in [0.4, 0.5) is 8.78 Å². The summed E-state index contributed by atoms with van der Waals surface area (Å²) >= 11 is 0. The van der Waals surface area contributed by atoms with Gasteiger partial charge in [0.25, 0.3) is 5.91 Å². The lowest BCUT2D eigenvalue weighted by Crippen LogP contribution is -2.23. The summed E-state index contributed by atoms with van der Waals surface area (Å²) < 4.78 is 35.8. The molecule has 4 aromatic rings. The molecule has 1 aliphatic rings. The van der Waals surface area contributed by atoms with Gasteiger partial charge in [-0.15, -0.1) is 0 Å². The first-order chi connectivity index (χ1) is 19.9. The number of carbonyl (C=O) groups is 2. The van der Waals surface area contributed by atoms with Gasteiger partial charge in [-0.25, -0.2) is 8.78 Å². The average molecular weight is 573 g/mol. The molecule has 1 unspecified atom stereocenters. The van der Waals surface area contributed by atoms with Crippen LogP contribution in [-0.4, -0.2) is 35.7 Å². The van der Waals surface area contributed by atoms with Crippen molar-refractivity contribution < 1.29 is 23.1 Å². The number of amides is 2. The maximum absolute atomic E-state index is 13.6. The Morgan fingerprint density at radius 2 is 1.78 bits per heavy atom. The van der Waals surface area contributed by atoms with Crippen LogP contribution in [0.2, 0.25) is 0 Å². The van der Waals surface area contributed by atoms with Crippen molar-refractivity contribution in [2.45, 2.75) is 30.7 Å². The van der Waals surface area contributed by atoms with E-state index in [2.05, 4.69) is 40.9 Å². The van der Waals surface area contributed by atoms with Gasteiger partial charge in [0.1, 0.15) is 5.75 Å². The molecule has 0 saturated carbocycles. The molecule has 1 aliphatic heterocycles. The molecule has 1 fully saturated rings. The van der Waals surface area contributed by atoms with Crippen molar-refractivity contribution in [2.24, 2.45) is 0 Å². The van der Waals surface area contributed by atoms with Crippen molar-refractivity contribution in [3.8, 4) is 5.75 Å². The van der Waals surface area contributed by atoms with E-state index in [-0.39, 0.29) is 5.91 Å². The molecule has 210 valence electrons. The van der Waals surface area contributed by atoms with E-state index in [0.29, 0.717) is 42.2 Å². The zero-order chi connectivity index (χ0) is 28.8. The Labute approximate surface area is 240 Å². The molecule has 0 aromatic heterocycles. The molecule has 0 bridgehead atoms. The molecule has 0 aliphatic carbocycles. The molecule has 0 radical (unpaired) electrons. The number of carbonyl (C=O) groups excluding carboxylic acids is 2. The molecule has 41 heavy (non-hydrogen) atoms. The van der Waals surface area contributed by atoms with Crippen LogP contribution in [0.3, 0.4) is 0 Å². The van der Waals surface area contributed by atoms with Crippen molar-refractivity contribution in [3.05, 3.63) is 113 Å². The summed E-state index contributed by atoms with van der Waals surface area (Å²) in [4.78, 5) is 27.0. The van der Waals surface area contributed by atoms with E-state index in [1.807, 2.05) is 35.2 Å². The Hall–Kier alpha value is -4.30. The summed E-state index contributed by atoms with van der Waals surface area (Å²) in [6.07, 6.45) is 5.14. The minimum Gasteiger partial charge on any atom is -0.493 e. The number of nitrogens with one attached hydrogen (secondary N) is 1. The van der Waals surface area contributed by atoms with Crippen LogP contribution < -0.4 is 9.46 Å². The van der Waals surface area contributed by atoms with Gasteiger partial charge in [0.15, 0.2) is 11.6 Å². The Balaban J connectivity index is 1.29. The summed E-state index contributed by atoms with van der Waals surface area (Å²) in [6.45, 7) is 1.67. The highest BCUT2D eigenvalue weighted by molar-refractivity contribution is 8.12. The zero-order valence-electron chi connectivity index (χ0n) is 22.4. The predicted octanol–water partition coefficient (Wildman–Crippen LogP) is 6.67. The molecule has 2 amide bonds. The number of hydrogen-bond donors (Lipinski definition) is 1. The first-order valence-electron chi connectivity index (χ1n) is 13.3. The van der Waals surface area contributed by atoms with Gasteiger partial charge in [-0.3, -0.25) is 14.3 Å². The minimum atomic E-state index is -1.07. The van der Waals surface area contributed by atoms with E-state index in [4.69, 9.17) is 4.74 Å². The number of nitrogens with zero attached hydrogens (tertiary/aromatic N) is 1. The largest absolute Gasteiger partial charge is 0.493 e. The first kappa shape index (κ1) is 28.2. The molecule has 1 saturated heterocycles. The third-order valence-electron chi connectivity index (χ3n) is 6.90. The molecule has 1 N–H and O–H groups in total. The zero-order valence-corrected chi connectivity index (χ0v) is 23.3. The number of fused-ring (bicyclic) bond motifs is 1. The smallest absolute Gasteiger partial charge is 0.253 e. The molecule has 1 heterocycles. The van der Waals surface area contributed by atoms with Gasteiger partial charge >= 0.3 is 0 Å². The maximum atomic E-state index is 13.6. The van der Waals surface area contributed by atoms with Gasteiger partial charge in [-0.1, -0.05) is 71.1 Å². The molecule has 4 aromatic carbocycles. The quantitative estimate of drug-likeness (QED) is 0.171. The van der Waals surface area contributed by atoms with Crippen LogP contribution in [0.15, 0.2) is 89.8 Å². The predicted molar refractivity (Wildman–Crippen MR) is 161 cm³/mol. The van der Waals surface area contributed by atoms with Gasteiger partial charge in [-0.05, 0) is 58.7 Å². The van der Waals surface area contributed by atoms with Gasteiger partial charge < -0.3 is 9.64 Å². The van der Waals surface area contributed by atoms with Crippen molar-refractivity contribution in [3.63, 3.8) is 0 Å². The van der Waals surface area contributed by atoms with E-state index in [1.165, 1.54) is 22.9 Å². The molecular weight excluding hydrogens is 542 g/mol. The molecule has 0 spiro atoms. The summed E-state index contributed by atoms with van der Waals surface area (Å²) in [5, 5.41) is 2.35. The fourth-order valence-electron chi connectivity index (χ4n) is 4.71. The summed E-state index contributed by atoms with van der Waals surface area (Å²) in [5.74, 6) is 2.24. The van der Waals surface area contributed by atoms with E-state index >= 15 is 0 Å². The van der Waals surface area contributed by atoms with Crippen molar-refractivity contribution in [2.75, 3.05) is 13.2 Å². The van der Waals surface area contributed by atoms with Crippen LogP contribution in [0.1, 0.15) is 29.5 Å². The standard InChI is InChI=1S/C33H30F2N2O3S/c1-41(28-13-14-29(34)30(35)21-28)36-32(38)15-12-26-11-9-24(22-37-17-4-7-33(37)39)20-31(26)40-18-16-23-8-10-25-5-2-3-6-27(25)19-23/h2-3,5-6,8-15,19-21H,1,4,7,16-18,22H2,(H,36,38)/b15-12+. The third-order valence-corrected chi connectivity index (χ3v) is 8.17. The monoisotopic (exact) mass is 572 g/mol. The lowest BCUT2D eigenvalue weighted by molar-refractivity contribution is -0.128. The van der Waals surface area contributed by atoms with Gasteiger partial charge in [0.05, 0.1) is 6.61 Å². The summed E-state index contributed by atoms with van der Waals surface area (Å²) in [6, 6.07) is 23.7. The second kappa shape index (κ2) is 12.9. The number of halogens is 2. The number of likely N-dealkylation sites (tertiary alicyclic amines) is 1. The number of ether oxygens (including phenoxy) is 1. The summed E-state index contributed by atoms with van der Waals surface area (Å²) in [7, 11) is -1.07. The third kappa shape index (κ3) is 7.27. The normalized spacial score (nSPS) is 14.1. The van der Waals surface area contributed by atoms with Gasteiger partial charge in [-0.2, -0.15) is 0 Å². The lowest BCUT2D eigenvalue weighted by Gasteiger charge is -2.17. The molecular formula is C33H30F2N2O3S. The Morgan fingerprint density at radius 3 is 2.56 bits per heavy atom. The Kier molecular flexibility index (Phi) is 8.89. The average Bonchev–Trinajstić information content (AvgIpc) is 3.37. The van der Waals surface area contributed by atoms with E-state index < -0.39 is 28.2 Å². The van der Waals surface area contributed by atoms with Crippen molar-refractivity contribution in [1.29, 1.82) is 0 Å². The van der Waals surface area contributed by atoms with Crippen LogP contribution in [0.25, 0.3) is 16.8 Å². The number of rotatable bonds is 10. The van der Waals surface area contributed by atoms with Crippen LogP contribution in [-0.2, 0) is 22.6 Å². The maximum Gasteiger partial charge on any atom is 0.253 e. The summed E-state index contributed by atoms with van der Waals surface area (Å²) in [5.41, 5.74) is 2.80. The van der Waals surface area contributed by atoms with E-state index in [1.54, 1.807) is 6.08 Å². The Morgan fingerprint density at radius 1 is 0.976 bits per heavy atom. The highest BCUT2D eigenvalue weighted by Crippen LogP contribution is 2.26. The van der Waals surface area contributed by atoms with Crippen molar-refractivity contribution in [1.82, 2.24) is 9.62 Å². The number of benzene rings is 4. The van der Waals surface area contributed by atoms with Crippen LogP contribution in [0.5, 0.6) is 5.75 Å². The van der Waals surface area contributed by atoms with Gasteiger partial charge in [0.2, 0.25) is 5.91 Å². The number of hydrogen-bond acceptors (Lipinski definition) is 3. The van der Waals surface area contributed by atoms with E-state index in [9.17, 15) is 18.4 Å². The van der Waals surface area contributed by atoms with Gasteiger partial charge in [0, 0.05) is 42.5 Å². The van der Waals surface area contributed by atoms with Crippen LogP contribution >= 0.6 is 10.7 Å². The molecule has 5 rings (SSSR count). The lowest BCUT2D eigenvalue weighted by atomic mass is 10.1. The topological polar surface area (TPSA) is 58.6 Å². The second-order valence-corrected chi connectivity index (χ2v) is 11.3. The second-order valence-electron chi connectivity index (χ2n) is 9.84. The minimum absolute atomic E-state index is 0.147. The Bertz CT molecular complexity index is 1650. The molecule has 5 nitrogen and oxygen atoms in total. The molecule has 8 heteroatoms. The van der Waals surface area contributed by atoms with Crippen molar-refractivity contribution >= 4 is 45.2 Å².